The molecule has 1 aliphatic rings. The Balaban J connectivity index is 1.89. The summed E-state index contributed by atoms with van der Waals surface area (Å²) in [6.07, 6.45) is 1.03. The second kappa shape index (κ2) is 6.22. The highest BCUT2D eigenvalue weighted by molar-refractivity contribution is 6.17. The van der Waals surface area contributed by atoms with Gasteiger partial charge in [0.05, 0.1) is 5.69 Å². The fraction of sp³-hybridized carbons (Fsp3) is 0.538. The summed E-state index contributed by atoms with van der Waals surface area (Å²) >= 11 is 5.68. The molecule has 1 fully saturated rings. The van der Waals surface area contributed by atoms with Crippen LogP contribution in [-0.4, -0.2) is 43.5 Å². The first-order chi connectivity index (χ1) is 8.31. The molecule has 0 N–H and O–H groups in total. The Morgan fingerprint density at radius 1 is 1.12 bits per heavy atom. The molecule has 0 amide bonds. The van der Waals surface area contributed by atoms with Crippen LogP contribution >= 0.6 is 11.6 Å². The van der Waals surface area contributed by atoms with Crippen molar-refractivity contribution in [1.29, 1.82) is 0 Å². The van der Waals surface area contributed by atoms with Crippen LogP contribution in [0.5, 0.6) is 0 Å². The van der Waals surface area contributed by atoms with Gasteiger partial charge in [-0.25, -0.2) is 4.39 Å². The van der Waals surface area contributed by atoms with Crippen molar-refractivity contribution in [2.75, 3.05) is 43.5 Å². The second-order valence-electron chi connectivity index (χ2n) is 4.32. The van der Waals surface area contributed by atoms with Gasteiger partial charge >= 0.3 is 0 Å². The molecule has 2 rings (SSSR count). The summed E-state index contributed by atoms with van der Waals surface area (Å²) in [6, 6.07) is 6.99. The third-order valence-electron chi connectivity index (χ3n) is 3.17. The van der Waals surface area contributed by atoms with Crippen LogP contribution in [0.2, 0.25) is 0 Å². The highest BCUT2D eigenvalue weighted by Gasteiger charge is 2.18. The zero-order chi connectivity index (χ0) is 12.1. The molecular formula is C13H18ClFN2. The van der Waals surface area contributed by atoms with Gasteiger partial charge < -0.3 is 4.90 Å². The van der Waals surface area contributed by atoms with E-state index in [0.717, 1.165) is 44.8 Å². The van der Waals surface area contributed by atoms with Gasteiger partial charge in [-0.15, -0.1) is 11.6 Å². The van der Waals surface area contributed by atoms with E-state index in [4.69, 9.17) is 11.6 Å². The fourth-order valence-corrected chi connectivity index (χ4v) is 2.32. The maximum absolute atomic E-state index is 13.6. The lowest BCUT2D eigenvalue weighted by molar-refractivity contribution is 0.258. The molecule has 17 heavy (non-hydrogen) atoms. The molecule has 0 atom stereocenters. The predicted molar refractivity (Wildman–Crippen MR) is 70.4 cm³/mol. The van der Waals surface area contributed by atoms with E-state index in [2.05, 4.69) is 9.80 Å². The average molecular weight is 257 g/mol. The first-order valence-corrected chi connectivity index (χ1v) is 6.62. The first kappa shape index (κ1) is 12.7. The lowest BCUT2D eigenvalue weighted by atomic mass is 10.2. The largest absolute Gasteiger partial charge is 0.367 e. The van der Waals surface area contributed by atoms with Gasteiger partial charge in [0.25, 0.3) is 0 Å². The zero-order valence-electron chi connectivity index (χ0n) is 9.91. The number of benzene rings is 1. The fourth-order valence-electron chi connectivity index (χ4n) is 2.20. The number of piperazine rings is 1. The van der Waals surface area contributed by atoms with E-state index in [9.17, 15) is 4.39 Å². The molecule has 94 valence electrons. The van der Waals surface area contributed by atoms with Crippen molar-refractivity contribution in [3.8, 4) is 0 Å². The van der Waals surface area contributed by atoms with Gasteiger partial charge in [-0.05, 0) is 25.1 Å². The summed E-state index contributed by atoms with van der Waals surface area (Å²) < 4.78 is 13.6. The molecule has 1 aromatic carbocycles. The van der Waals surface area contributed by atoms with Crippen molar-refractivity contribution < 1.29 is 4.39 Å². The molecule has 0 spiro atoms. The van der Waals surface area contributed by atoms with Crippen LogP contribution in [0, 0.1) is 5.82 Å². The number of alkyl halides is 1. The minimum atomic E-state index is -0.123. The van der Waals surface area contributed by atoms with E-state index in [1.807, 2.05) is 12.1 Å². The topological polar surface area (TPSA) is 6.48 Å². The summed E-state index contributed by atoms with van der Waals surface area (Å²) in [5.41, 5.74) is 0.726. The van der Waals surface area contributed by atoms with E-state index in [0.29, 0.717) is 5.88 Å². The van der Waals surface area contributed by atoms with Gasteiger partial charge in [0, 0.05) is 32.1 Å². The summed E-state index contributed by atoms with van der Waals surface area (Å²) in [4.78, 5) is 4.51. The highest BCUT2D eigenvalue weighted by Crippen LogP contribution is 2.20. The Kier molecular flexibility index (Phi) is 4.63. The van der Waals surface area contributed by atoms with Gasteiger partial charge in [0.15, 0.2) is 0 Å². The van der Waals surface area contributed by atoms with E-state index >= 15 is 0 Å². The lowest BCUT2D eigenvalue weighted by Gasteiger charge is -2.36. The van der Waals surface area contributed by atoms with Crippen molar-refractivity contribution >= 4 is 17.3 Å². The maximum Gasteiger partial charge on any atom is 0.146 e. The molecular weight excluding hydrogens is 239 g/mol. The molecule has 1 saturated heterocycles. The van der Waals surface area contributed by atoms with Gasteiger partial charge in [0.1, 0.15) is 5.82 Å². The predicted octanol–water partition coefficient (Wildman–Crippen LogP) is 2.58. The molecule has 0 unspecified atom stereocenters. The summed E-state index contributed by atoms with van der Waals surface area (Å²) in [5, 5.41) is 0. The molecule has 4 heteroatoms. The summed E-state index contributed by atoms with van der Waals surface area (Å²) in [5.74, 6) is 0.592. The highest BCUT2D eigenvalue weighted by atomic mass is 35.5. The minimum absolute atomic E-state index is 0.123. The van der Waals surface area contributed by atoms with Gasteiger partial charge in [-0.3, -0.25) is 4.90 Å². The molecule has 2 nitrogen and oxygen atoms in total. The van der Waals surface area contributed by atoms with Crippen molar-refractivity contribution in [3.63, 3.8) is 0 Å². The van der Waals surface area contributed by atoms with E-state index in [-0.39, 0.29) is 5.82 Å². The molecule has 1 aromatic rings. The second-order valence-corrected chi connectivity index (χ2v) is 4.70. The van der Waals surface area contributed by atoms with Crippen LogP contribution < -0.4 is 4.90 Å². The smallest absolute Gasteiger partial charge is 0.146 e. The maximum atomic E-state index is 13.6. The third kappa shape index (κ3) is 3.33. The Labute approximate surface area is 107 Å². The van der Waals surface area contributed by atoms with Crippen molar-refractivity contribution in [2.24, 2.45) is 0 Å². The van der Waals surface area contributed by atoms with E-state index in [1.165, 1.54) is 6.07 Å². The average Bonchev–Trinajstić information content (AvgIpc) is 2.38. The van der Waals surface area contributed by atoms with E-state index < -0.39 is 0 Å². The van der Waals surface area contributed by atoms with Gasteiger partial charge in [-0.2, -0.15) is 0 Å². The van der Waals surface area contributed by atoms with Gasteiger partial charge in [-0.1, -0.05) is 12.1 Å². The van der Waals surface area contributed by atoms with Crippen molar-refractivity contribution in [1.82, 2.24) is 4.90 Å². The van der Waals surface area contributed by atoms with Crippen molar-refractivity contribution in [3.05, 3.63) is 30.1 Å². The number of nitrogens with zero attached hydrogens (tertiary/aromatic N) is 2. The zero-order valence-corrected chi connectivity index (χ0v) is 10.7. The summed E-state index contributed by atoms with van der Waals surface area (Å²) in [6.45, 7) is 4.82. The van der Waals surface area contributed by atoms with Gasteiger partial charge in [0.2, 0.25) is 0 Å². The molecule has 0 aromatic heterocycles. The molecule has 0 radical (unpaired) electrons. The van der Waals surface area contributed by atoms with E-state index in [1.54, 1.807) is 6.07 Å². The Morgan fingerprint density at radius 3 is 2.47 bits per heavy atom. The number of para-hydroxylation sites is 1. The minimum Gasteiger partial charge on any atom is -0.367 e. The van der Waals surface area contributed by atoms with Crippen LogP contribution in [0.3, 0.4) is 0 Å². The summed E-state index contributed by atoms with van der Waals surface area (Å²) in [7, 11) is 0. The third-order valence-corrected chi connectivity index (χ3v) is 3.44. The van der Waals surface area contributed by atoms with Crippen LogP contribution in [0.1, 0.15) is 6.42 Å². The SMILES string of the molecule is Fc1ccccc1N1CCN(CCCCl)CC1. The monoisotopic (exact) mass is 256 g/mol. The number of hydrogen-bond acceptors (Lipinski definition) is 2. The van der Waals surface area contributed by atoms with Crippen molar-refractivity contribution in [2.45, 2.75) is 6.42 Å². The Morgan fingerprint density at radius 2 is 1.82 bits per heavy atom. The molecule has 1 heterocycles. The number of anilines is 1. The van der Waals surface area contributed by atoms with Crippen LogP contribution in [0.25, 0.3) is 0 Å². The molecule has 0 bridgehead atoms. The number of halogens is 2. The molecule has 1 aliphatic heterocycles. The lowest BCUT2D eigenvalue weighted by Crippen LogP contribution is -2.47. The van der Waals surface area contributed by atoms with Crippen LogP contribution in [-0.2, 0) is 0 Å². The Bertz CT molecular complexity index is 351. The molecule has 0 aliphatic carbocycles. The normalized spacial score (nSPS) is 17.4. The van der Waals surface area contributed by atoms with Crippen LogP contribution in [0.15, 0.2) is 24.3 Å². The van der Waals surface area contributed by atoms with Crippen LogP contribution in [0.4, 0.5) is 10.1 Å². The quantitative estimate of drug-likeness (QED) is 0.764. The number of hydrogen-bond donors (Lipinski definition) is 0. The number of rotatable bonds is 4. The molecule has 0 saturated carbocycles. The first-order valence-electron chi connectivity index (χ1n) is 6.09. The standard InChI is InChI=1S/C13H18ClFN2/c14-6-3-7-16-8-10-17(11-9-16)13-5-2-1-4-12(13)15/h1-2,4-5H,3,6-11H2. The Hall–Kier alpha value is -0.800.